The van der Waals surface area contributed by atoms with Crippen LogP contribution >= 0.6 is 0 Å². The van der Waals surface area contributed by atoms with Gasteiger partial charge in [-0.2, -0.15) is 0 Å². The molecule has 2 atom stereocenters. The van der Waals surface area contributed by atoms with Crippen LogP contribution in [0.3, 0.4) is 0 Å². The molecule has 1 N–H and O–H groups in total. The maximum Gasteiger partial charge on any atom is 0.260 e. The molecule has 0 aliphatic carbocycles. The molecule has 0 aliphatic rings. The number of ether oxygens (including phenoxy) is 1. The molecule has 3 nitrogen and oxygen atoms in total. The quantitative estimate of drug-likeness (QED) is 0.861. The van der Waals surface area contributed by atoms with Gasteiger partial charge in [0.25, 0.3) is 5.91 Å². The van der Waals surface area contributed by atoms with Crippen molar-refractivity contribution in [3.63, 3.8) is 0 Å². The molecule has 112 valence electrons. The molecular weight excluding hydrogens is 250 g/mol. The van der Waals surface area contributed by atoms with E-state index in [-0.39, 0.29) is 11.9 Å². The first-order valence-electron chi connectivity index (χ1n) is 7.40. The minimum absolute atomic E-state index is 0.0514. The van der Waals surface area contributed by atoms with Crippen molar-refractivity contribution >= 4 is 5.91 Å². The van der Waals surface area contributed by atoms with E-state index in [9.17, 15) is 4.79 Å². The summed E-state index contributed by atoms with van der Waals surface area (Å²) in [4.78, 5) is 12.1. The zero-order valence-electron chi connectivity index (χ0n) is 13.5. The van der Waals surface area contributed by atoms with Gasteiger partial charge in [-0.15, -0.1) is 0 Å². The molecule has 0 heterocycles. The van der Waals surface area contributed by atoms with Crippen LogP contribution in [0.5, 0.6) is 5.75 Å². The molecule has 0 spiro atoms. The van der Waals surface area contributed by atoms with Crippen molar-refractivity contribution in [2.45, 2.75) is 66.5 Å². The van der Waals surface area contributed by atoms with Gasteiger partial charge < -0.3 is 10.1 Å². The minimum atomic E-state index is -0.478. The van der Waals surface area contributed by atoms with Gasteiger partial charge >= 0.3 is 0 Å². The highest BCUT2D eigenvalue weighted by Crippen LogP contribution is 2.24. The average Bonchev–Trinajstić information content (AvgIpc) is 2.35. The molecule has 0 aliphatic heterocycles. The summed E-state index contributed by atoms with van der Waals surface area (Å²) < 4.78 is 5.84. The van der Waals surface area contributed by atoms with Gasteiger partial charge in [0.15, 0.2) is 6.10 Å². The number of rotatable bonds is 6. The van der Waals surface area contributed by atoms with Crippen LogP contribution in [0.15, 0.2) is 12.1 Å². The Bertz CT molecular complexity index is 468. The fourth-order valence-electron chi connectivity index (χ4n) is 2.23. The lowest BCUT2D eigenvalue weighted by atomic mass is 10.1. The van der Waals surface area contributed by atoms with Crippen molar-refractivity contribution in [3.8, 4) is 5.75 Å². The third kappa shape index (κ3) is 4.55. The maximum atomic E-state index is 12.1. The van der Waals surface area contributed by atoms with Gasteiger partial charge in [0.05, 0.1) is 0 Å². The van der Waals surface area contributed by atoms with Gasteiger partial charge in [-0.25, -0.2) is 0 Å². The van der Waals surface area contributed by atoms with E-state index < -0.39 is 6.10 Å². The first-order valence-corrected chi connectivity index (χ1v) is 7.40. The van der Waals surface area contributed by atoms with E-state index in [0.29, 0.717) is 0 Å². The molecular formula is C17H27NO2. The van der Waals surface area contributed by atoms with Crippen LogP contribution in [0.2, 0.25) is 0 Å². The van der Waals surface area contributed by atoms with Crippen LogP contribution in [0.1, 0.15) is 50.3 Å². The van der Waals surface area contributed by atoms with Crippen LogP contribution < -0.4 is 10.1 Å². The summed E-state index contributed by atoms with van der Waals surface area (Å²) in [7, 11) is 0. The Labute approximate surface area is 122 Å². The van der Waals surface area contributed by atoms with Gasteiger partial charge in [-0.1, -0.05) is 19.4 Å². The molecule has 0 bridgehead atoms. The number of carbonyl (C=O) groups excluding carboxylic acids is 1. The Hall–Kier alpha value is -1.51. The molecule has 0 saturated carbocycles. The monoisotopic (exact) mass is 277 g/mol. The topological polar surface area (TPSA) is 38.3 Å². The zero-order valence-corrected chi connectivity index (χ0v) is 13.5. The lowest BCUT2D eigenvalue weighted by Crippen LogP contribution is -2.41. The highest BCUT2D eigenvalue weighted by molar-refractivity contribution is 5.81. The van der Waals surface area contributed by atoms with Crippen molar-refractivity contribution in [3.05, 3.63) is 28.8 Å². The molecule has 0 radical (unpaired) electrons. The number of amides is 1. The van der Waals surface area contributed by atoms with E-state index in [4.69, 9.17) is 4.74 Å². The number of hydrogen-bond acceptors (Lipinski definition) is 2. The number of aryl methyl sites for hydroxylation is 2. The van der Waals surface area contributed by atoms with Gasteiger partial charge in [0.2, 0.25) is 0 Å². The normalized spacial score (nSPS) is 13.7. The summed E-state index contributed by atoms with van der Waals surface area (Å²) in [6.07, 6.45) is 1.57. The Balaban J connectivity index is 2.71. The third-order valence-corrected chi connectivity index (χ3v) is 3.55. The van der Waals surface area contributed by atoms with E-state index in [2.05, 4.69) is 25.2 Å². The van der Waals surface area contributed by atoms with E-state index in [1.165, 1.54) is 5.56 Å². The largest absolute Gasteiger partial charge is 0.481 e. The Morgan fingerprint density at radius 3 is 2.50 bits per heavy atom. The van der Waals surface area contributed by atoms with Crippen LogP contribution in [0.4, 0.5) is 0 Å². The zero-order chi connectivity index (χ0) is 15.3. The molecule has 1 aromatic carbocycles. The number of nitrogens with one attached hydrogen (secondary N) is 1. The molecule has 20 heavy (non-hydrogen) atoms. The molecule has 1 aromatic rings. The Morgan fingerprint density at radius 2 is 1.90 bits per heavy atom. The predicted molar refractivity (Wildman–Crippen MR) is 83.3 cm³/mol. The molecule has 0 fully saturated rings. The lowest BCUT2D eigenvalue weighted by Gasteiger charge is -2.20. The van der Waals surface area contributed by atoms with Gasteiger partial charge in [-0.3, -0.25) is 4.79 Å². The fourth-order valence-corrected chi connectivity index (χ4v) is 2.23. The van der Waals surface area contributed by atoms with E-state index >= 15 is 0 Å². The number of carbonyl (C=O) groups is 1. The first kappa shape index (κ1) is 16.5. The predicted octanol–water partition coefficient (Wildman–Crippen LogP) is 3.68. The summed E-state index contributed by atoms with van der Waals surface area (Å²) in [5, 5.41) is 2.99. The van der Waals surface area contributed by atoms with Crippen LogP contribution in [0.25, 0.3) is 0 Å². The van der Waals surface area contributed by atoms with Gasteiger partial charge in [-0.05, 0) is 63.8 Å². The maximum absolute atomic E-state index is 12.1. The SMILES string of the molecule is CCC[C@H](C)NC(=O)[C@@H](C)Oc1cc(C)cc(C)c1C. The third-order valence-electron chi connectivity index (χ3n) is 3.55. The summed E-state index contributed by atoms with van der Waals surface area (Å²) >= 11 is 0. The van der Waals surface area contributed by atoms with Crippen molar-refractivity contribution in [1.29, 1.82) is 0 Å². The Kier molecular flexibility index (Phi) is 6.05. The van der Waals surface area contributed by atoms with Gasteiger partial charge in [0.1, 0.15) is 5.75 Å². The Morgan fingerprint density at radius 1 is 1.25 bits per heavy atom. The highest BCUT2D eigenvalue weighted by atomic mass is 16.5. The molecule has 0 saturated heterocycles. The second kappa shape index (κ2) is 7.32. The summed E-state index contributed by atoms with van der Waals surface area (Å²) in [6, 6.07) is 4.30. The van der Waals surface area contributed by atoms with Crippen LogP contribution in [-0.4, -0.2) is 18.1 Å². The lowest BCUT2D eigenvalue weighted by molar-refractivity contribution is -0.127. The summed E-state index contributed by atoms with van der Waals surface area (Å²) in [5.74, 6) is 0.748. The summed E-state index contributed by atoms with van der Waals surface area (Å²) in [5.41, 5.74) is 3.43. The fraction of sp³-hybridized carbons (Fsp3) is 0.588. The number of hydrogen-bond donors (Lipinski definition) is 1. The number of benzene rings is 1. The van der Waals surface area contributed by atoms with E-state index in [1.54, 1.807) is 6.92 Å². The second-order valence-corrected chi connectivity index (χ2v) is 5.66. The van der Waals surface area contributed by atoms with Crippen molar-refractivity contribution in [2.75, 3.05) is 0 Å². The standard InChI is InChI=1S/C17H27NO2/c1-7-8-13(4)18-17(19)15(6)20-16-10-11(2)9-12(3)14(16)5/h9-10,13,15H,7-8H2,1-6H3,(H,18,19)/t13-,15+/m0/s1. The van der Waals surface area contributed by atoms with Crippen molar-refractivity contribution < 1.29 is 9.53 Å². The van der Waals surface area contributed by atoms with Crippen molar-refractivity contribution in [2.24, 2.45) is 0 Å². The van der Waals surface area contributed by atoms with E-state index in [0.717, 1.165) is 29.7 Å². The molecule has 0 aromatic heterocycles. The van der Waals surface area contributed by atoms with Crippen LogP contribution in [-0.2, 0) is 4.79 Å². The van der Waals surface area contributed by atoms with Gasteiger partial charge in [0, 0.05) is 6.04 Å². The van der Waals surface area contributed by atoms with Crippen LogP contribution in [0, 0.1) is 20.8 Å². The molecule has 1 amide bonds. The molecule has 3 heteroatoms. The van der Waals surface area contributed by atoms with E-state index in [1.807, 2.05) is 26.8 Å². The summed E-state index contributed by atoms with van der Waals surface area (Å²) in [6.45, 7) is 12.0. The molecule has 0 unspecified atom stereocenters. The second-order valence-electron chi connectivity index (χ2n) is 5.66. The average molecular weight is 277 g/mol. The van der Waals surface area contributed by atoms with Crippen molar-refractivity contribution in [1.82, 2.24) is 5.32 Å². The minimum Gasteiger partial charge on any atom is -0.481 e. The molecule has 1 rings (SSSR count). The highest BCUT2D eigenvalue weighted by Gasteiger charge is 2.17. The first-order chi connectivity index (χ1) is 9.35. The smallest absolute Gasteiger partial charge is 0.260 e.